The van der Waals surface area contributed by atoms with Crippen LogP contribution < -0.4 is 10.6 Å². The van der Waals surface area contributed by atoms with Crippen LogP contribution in [-0.2, 0) is 14.3 Å². The van der Waals surface area contributed by atoms with Gasteiger partial charge in [-0.05, 0) is 63.1 Å². The number of aryl methyl sites for hydroxylation is 1. The van der Waals surface area contributed by atoms with Gasteiger partial charge in [-0.15, -0.1) is 0 Å². The van der Waals surface area contributed by atoms with Gasteiger partial charge in [-0.25, -0.2) is 4.79 Å². The first kappa shape index (κ1) is 27.2. The molecule has 0 radical (unpaired) electrons. The number of carbonyl (C=O) groups excluding carboxylic acids is 3. The topological polar surface area (TPSA) is 112 Å². The number of nitrogens with one attached hydrogen (secondary N) is 2. The van der Waals surface area contributed by atoms with E-state index < -0.39 is 35.6 Å². The molecule has 0 heterocycles. The molecule has 2 unspecified atom stereocenters. The van der Waals surface area contributed by atoms with Crippen LogP contribution in [0.4, 0.5) is 10.5 Å². The van der Waals surface area contributed by atoms with E-state index in [1.54, 1.807) is 45.0 Å². The van der Waals surface area contributed by atoms with Crippen LogP contribution >= 0.6 is 0 Å². The number of alkyl carbamates (subject to hydrolysis) is 1. The maximum absolute atomic E-state index is 13.7. The third-order valence-electron chi connectivity index (χ3n) is 5.56. The monoisotopic (exact) mass is 500 g/mol. The number of carbonyl (C=O) groups is 3. The van der Waals surface area contributed by atoms with Gasteiger partial charge in [0.15, 0.2) is 0 Å². The van der Waals surface area contributed by atoms with Crippen molar-refractivity contribution in [1.29, 1.82) is 5.26 Å². The third-order valence-corrected chi connectivity index (χ3v) is 5.56. The molecular weight excluding hydrogens is 468 g/mol. The van der Waals surface area contributed by atoms with Gasteiger partial charge in [0.25, 0.3) is 5.91 Å². The standard InChI is InChI=1S/C29H32N4O4/c1-19-9-8-12-23(17-19)25(26(34)32-24-14-13-21-10-6-7-11-22(21)18-24)33(16-15-30)27(35)20(2)31-28(36)37-29(3,4)5/h6-14,17-18,20,25H,16H2,1-5H3,(H,31,36)(H,32,34). The molecule has 0 aliphatic carbocycles. The summed E-state index contributed by atoms with van der Waals surface area (Å²) in [5, 5.41) is 16.9. The average molecular weight is 501 g/mol. The van der Waals surface area contributed by atoms with Crippen LogP contribution in [0.15, 0.2) is 66.7 Å². The molecule has 0 saturated carbocycles. The van der Waals surface area contributed by atoms with Gasteiger partial charge in [0, 0.05) is 5.69 Å². The number of ether oxygens (including phenoxy) is 1. The molecule has 0 bridgehead atoms. The zero-order valence-electron chi connectivity index (χ0n) is 21.7. The highest BCUT2D eigenvalue weighted by atomic mass is 16.6. The van der Waals surface area contributed by atoms with Crippen molar-refractivity contribution < 1.29 is 19.1 Å². The summed E-state index contributed by atoms with van der Waals surface area (Å²) >= 11 is 0. The quantitative estimate of drug-likeness (QED) is 0.439. The van der Waals surface area contributed by atoms with Gasteiger partial charge in [0.2, 0.25) is 5.91 Å². The molecule has 8 heteroatoms. The van der Waals surface area contributed by atoms with E-state index in [2.05, 4.69) is 10.6 Å². The van der Waals surface area contributed by atoms with Gasteiger partial charge in [-0.2, -0.15) is 5.26 Å². The number of benzene rings is 3. The summed E-state index contributed by atoms with van der Waals surface area (Å²) in [6.45, 7) is 8.16. The van der Waals surface area contributed by atoms with Gasteiger partial charge < -0.3 is 20.3 Å². The minimum absolute atomic E-state index is 0.358. The highest BCUT2D eigenvalue weighted by molar-refractivity contribution is 6.00. The van der Waals surface area contributed by atoms with E-state index in [4.69, 9.17) is 4.74 Å². The second kappa shape index (κ2) is 11.6. The van der Waals surface area contributed by atoms with Crippen LogP contribution in [0.2, 0.25) is 0 Å². The number of hydrogen-bond acceptors (Lipinski definition) is 5. The Balaban J connectivity index is 1.93. The molecule has 192 valence electrons. The maximum atomic E-state index is 13.7. The molecule has 0 aliphatic rings. The Hall–Kier alpha value is -4.38. The van der Waals surface area contributed by atoms with Gasteiger partial charge >= 0.3 is 6.09 Å². The Morgan fingerprint density at radius 3 is 2.35 bits per heavy atom. The molecule has 0 aromatic heterocycles. The smallest absolute Gasteiger partial charge is 0.408 e. The highest BCUT2D eigenvalue weighted by Crippen LogP contribution is 2.26. The highest BCUT2D eigenvalue weighted by Gasteiger charge is 2.35. The third kappa shape index (κ3) is 7.31. The molecule has 3 amide bonds. The molecule has 0 fully saturated rings. The van der Waals surface area contributed by atoms with Crippen LogP contribution in [-0.4, -0.2) is 41.0 Å². The van der Waals surface area contributed by atoms with E-state index in [9.17, 15) is 19.6 Å². The summed E-state index contributed by atoms with van der Waals surface area (Å²) in [7, 11) is 0. The number of amides is 3. The van der Waals surface area contributed by atoms with Gasteiger partial charge in [-0.1, -0.05) is 60.2 Å². The Labute approximate surface area is 217 Å². The first-order chi connectivity index (χ1) is 17.5. The lowest BCUT2D eigenvalue weighted by Crippen LogP contribution is -2.51. The predicted octanol–water partition coefficient (Wildman–Crippen LogP) is 5.09. The molecule has 2 atom stereocenters. The molecule has 2 N–H and O–H groups in total. The van der Waals surface area contributed by atoms with E-state index in [1.807, 2.05) is 55.5 Å². The van der Waals surface area contributed by atoms with Gasteiger partial charge in [0.1, 0.15) is 24.2 Å². The summed E-state index contributed by atoms with van der Waals surface area (Å²) in [5.74, 6) is -1.07. The minimum atomic E-state index is -1.11. The van der Waals surface area contributed by atoms with E-state index in [0.717, 1.165) is 16.3 Å². The first-order valence-corrected chi connectivity index (χ1v) is 12.0. The predicted molar refractivity (Wildman–Crippen MR) is 143 cm³/mol. The lowest BCUT2D eigenvalue weighted by Gasteiger charge is -2.32. The van der Waals surface area contributed by atoms with Crippen LogP contribution in [0.1, 0.15) is 44.9 Å². The van der Waals surface area contributed by atoms with Crippen molar-refractivity contribution in [2.24, 2.45) is 0 Å². The van der Waals surface area contributed by atoms with Crippen LogP contribution in [0.25, 0.3) is 10.8 Å². The van der Waals surface area contributed by atoms with Crippen molar-refractivity contribution >= 4 is 34.4 Å². The Bertz CT molecular complexity index is 1340. The fraction of sp³-hybridized carbons (Fsp3) is 0.310. The summed E-state index contributed by atoms with van der Waals surface area (Å²) in [6.07, 6.45) is -0.766. The molecule has 37 heavy (non-hydrogen) atoms. The van der Waals surface area contributed by atoms with Gasteiger partial charge in [0.05, 0.1) is 6.07 Å². The van der Waals surface area contributed by atoms with E-state index >= 15 is 0 Å². The number of anilines is 1. The average Bonchev–Trinajstić information content (AvgIpc) is 2.82. The van der Waals surface area contributed by atoms with Crippen molar-refractivity contribution in [2.45, 2.75) is 52.3 Å². The Morgan fingerprint density at radius 1 is 1.00 bits per heavy atom. The van der Waals surface area contributed by atoms with E-state index in [-0.39, 0.29) is 6.54 Å². The lowest BCUT2D eigenvalue weighted by molar-refractivity contribution is -0.139. The number of hydrogen-bond donors (Lipinski definition) is 2. The van der Waals surface area contributed by atoms with Crippen molar-refractivity contribution in [1.82, 2.24) is 10.2 Å². The van der Waals surface area contributed by atoms with Gasteiger partial charge in [-0.3, -0.25) is 9.59 Å². The molecule has 0 spiro atoms. The second-order valence-corrected chi connectivity index (χ2v) is 9.86. The summed E-state index contributed by atoms with van der Waals surface area (Å²) in [6, 6.07) is 20.4. The van der Waals surface area contributed by atoms with Crippen LogP contribution in [0.3, 0.4) is 0 Å². The zero-order valence-corrected chi connectivity index (χ0v) is 21.7. The number of fused-ring (bicyclic) bond motifs is 1. The number of nitriles is 1. The molecule has 3 aromatic carbocycles. The van der Waals surface area contributed by atoms with Crippen LogP contribution in [0.5, 0.6) is 0 Å². The largest absolute Gasteiger partial charge is 0.444 e. The summed E-state index contributed by atoms with van der Waals surface area (Å²) in [5.41, 5.74) is 1.26. The number of nitrogens with zero attached hydrogens (tertiary/aromatic N) is 2. The maximum Gasteiger partial charge on any atom is 0.408 e. The van der Waals surface area contributed by atoms with Crippen molar-refractivity contribution in [2.75, 3.05) is 11.9 Å². The molecule has 0 aliphatic heterocycles. The fourth-order valence-corrected chi connectivity index (χ4v) is 3.96. The normalized spacial score (nSPS) is 12.6. The summed E-state index contributed by atoms with van der Waals surface area (Å²) < 4.78 is 5.26. The molecule has 3 aromatic rings. The molecule has 0 saturated heterocycles. The lowest BCUT2D eigenvalue weighted by atomic mass is 10.0. The van der Waals surface area contributed by atoms with Crippen molar-refractivity contribution in [3.63, 3.8) is 0 Å². The molecule has 8 nitrogen and oxygen atoms in total. The van der Waals surface area contributed by atoms with E-state index in [1.165, 1.54) is 11.8 Å². The number of rotatable bonds is 7. The Kier molecular flexibility index (Phi) is 8.51. The van der Waals surface area contributed by atoms with Crippen molar-refractivity contribution in [3.8, 4) is 6.07 Å². The Morgan fingerprint density at radius 2 is 1.70 bits per heavy atom. The SMILES string of the molecule is Cc1cccc(C(C(=O)Nc2ccc3ccccc3c2)N(CC#N)C(=O)C(C)NC(=O)OC(C)(C)C)c1. The summed E-state index contributed by atoms with van der Waals surface area (Å²) in [4.78, 5) is 40.6. The second-order valence-electron chi connectivity index (χ2n) is 9.86. The zero-order chi connectivity index (χ0) is 27.2. The van der Waals surface area contributed by atoms with Crippen LogP contribution in [0, 0.1) is 18.3 Å². The first-order valence-electron chi connectivity index (χ1n) is 12.0. The minimum Gasteiger partial charge on any atom is -0.444 e. The molecule has 3 rings (SSSR count). The molecular formula is C29H32N4O4. The van der Waals surface area contributed by atoms with Crippen molar-refractivity contribution in [3.05, 3.63) is 77.9 Å². The fourth-order valence-electron chi connectivity index (χ4n) is 3.96. The van der Waals surface area contributed by atoms with E-state index in [0.29, 0.717) is 11.3 Å².